The second-order valence-electron chi connectivity index (χ2n) is 4.17. The van der Waals surface area contributed by atoms with E-state index in [1.54, 1.807) is 0 Å². The maximum Gasteiger partial charge on any atom is 0.217 e. The summed E-state index contributed by atoms with van der Waals surface area (Å²) in [7, 11) is 0. The minimum Gasteiger partial charge on any atom is -0.377 e. The topological polar surface area (TPSA) is 52.3 Å². The normalized spacial score (nSPS) is 10.4. The number of hydrogen-bond acceptors (Lipinski definition) is 2. The average Bonchev–Trinajstić information content (AvgIpc) is 2.33. The number of amides is 1. The first kappa shape index (κ1) is 13.7. The van der Waals surface area contributed by atoms with Crippen molar-refractivity contribution in [1.82, 2.24) is 0 Å². The van der Waals surface area contributed by atoms with Crippen molar-refractivity contribution >= 4 is 5.91 Å². The van der Waals surface area contributed by atoms with Crippen molar-refractivity contribution in [2.45, 2.75) is 38.7 Å². The summed E-state index contributed by atoms with van der Waals surface area (Å²) >= 11 is 0. The third-order valence-electron chi connectivity index (χ3n) is 2.57. The SMILES string of the molecule is NC(=O)CCCCCCOCc1ccccc1. The number of primary amides is 1. The van der Waals surface area contributed by atoms with Gasteiger partial charge in [0.15, 0.2) is 0 Å². The lowest BCUT2D eigenvalue weighted by molar-refractivity contribution is -0.118. The standard InChI is InChI=1S/C14H21NO2/c15-14(16)10-6-1-2-7-11-17-12-13-8-4-3-5-9-13/h3-5,8-9H,1-2,6-7,10-12H2,(H2,15,16). The third-order valence-corrected chi connectivity index (χ3v) is 2.57. The Morgan fingerprint density at radius 1 is 1.06 bits per heavy atom. The average molecular weight is 235 g/mol. The summed E-state index contributed by atoms with van der Waals surface area (Å²) in [5.41, 5.74) is 6.27. The molecular weight excluding hydrogens is 214 g/mol. The Kier molecular flexibility index (Phi) is 7.07. The first-order valence-corrected chi connectivity index (χ1v) is 6.19. The second kappa shape index (κ2) is 8.76. The molecule has 1 aromatic carbocycles. The van der Waals surface area contributed by atoms with Crippen LogP contribution in [-0.2, 0) is 16.1 Å². The fourth-order valence-electron chi connectivity index (χ4n) is 1.62. The molecule has 0 fully saturated rings. The number of ether oxygens (including phenoxy) is 1. The fraction of sp³-hybridized carbons (Fsp3) is 0.500. The first-order valence-electron chi connectivity index (χ1n) is 6.19. The van der Waals surface area contributed by atoms with Crippen LogP contribution in [-0.4, -0.2) is 12.5 Å². The maximum atomic E-state index is 10.5. The van der Waals surface area contributed by atoms with Gasteiger partial charge in [0.2, 0.25) is 5.91 Å². The molecule has 1 amide bonds. The van der Waals surface area contributed by atoms with Gasteiger partial charge in [-0.15, -0.1) is 0 Å². The van der Waals surface area contributed by atoms with E-state index in [2.05, 4.69) is 12.1 Å². The van der Waals surface area contributed by atoms with Crippen LogP contribution in [0.3, 0.4) is 0 Å². The summed E-state index contributed by atoms with van der Waals surface area (Å²) in [6.07, 6.45) is 4.60. The minimum atomic E-state index is -0.203. The molecule has 3 heteroatoms. The molecule has 0 spiro atoms. The van der Waals surface area contributed by atoms with Gasteiger partial charge < -0.3 is 10.5 Å². The van der Waals surface area contributed by atoms with Gasteiger partial charge in [-0.1, -0.05) is 43.2 Å². The lowest BCUT2D eigenvalue weighted by Crippen LogP contribution is -2.09. The molecule has 1 aromatic rings. The Labute approximate surface area is 103 Å². The second-order valence-corrected chi connectivity index (χ2v) is 4.17. The van der Waals surface area contributed by atoms with Gasteiger partial charge in [0.25, 0.3) is 0 Å². The molecule has 17 heavy (non-hydrogen) atoms. The van der Waals surface area contributed by atoms with Crippen LogP contribution in [0.25, 0.3) is 0 Å². The number of carbonyl (C=O) groups is 1. The van der Waals surface area contributed by atoms with Gasteiger partial charge in [-0.25, -0.2) is 0 Å². The highest BCUT2D eigenvalue weighted by Gasteiger charge is 1.95. The zero-order valence-corrected chi connectivity index (χ0v) is 10.2. The molecule has 0 aliphatic rings. The van der Waals surface area contributed by atoms with E-state index < -0.39 is 0 Å². The highest BCUT2D eigenvalue weighted by Crippen LogP contribution is 2.05. The van der Waals surface area contributed by atoms with E-state index in [1.807, 2.05) is 18.2 Å². The Hall–Kier alpha value is -1.35. The molecule has 94 valence electrons. The molecule has 2 N–H and O–H groups in total. The molecule has 0 unspecified atom stereocenters. The Morgan fingerprint density at radius 3 is 2.47 bits per heavy atom. The Morgan fingerprint density at radius 2 is 1.76 bits per heavy atom. The molecule has 0 aromatic heterocycles. The van der Waals surface area contributed by atoms with E-state index in [9.17, 15) is 4.79 Å². The van der Waals surface area contributed by atoms with Gasteiger partial charge in [0.1, 0.15) is 0 Å². The summed E-state index contributed by atoms with van der Waals surface area (Å²) in [6, 6.07) is 10.2. The zero-order chi connectivity index (χ0) is 12.3. The van der Waals surface area contributed by atoms with Crippen molar-refractivity contribution in [3.63, 3.8) is 0 Å². The molecule has 3 nitrogen and oxygen atoms in total. The summed E-state index contributed by atoms with van der Waals surface area (Å²) in [5.74, 6) is -0.203. The van der Waals surface area contributed by atoms with Gasteiger partial charge in [-0.2, -0.15) is 0 Å². The summed E-state index contributed by atoms with van der Waals surface area (Å²) in [4.78, 5) is 10.5. The highest BCUT2D eigenvalue weighted by atomic mass is 16.5. The number of carbonyl (C=O) groups excluding carboxylic acids is 1. The van der Waals surface area contributed by atoms with Crippen molar-refractivity contribution < 1.29 is 9.53 Å². The van der Waals surface area contributed by atoms with Crippen LogP contribution in [0.1, 0.15) is 37.7 Å². The van der Waals surface area contributed by atoms with E-state index in [4.69, 9.17) is 10.5 Å². The van der Waals surface area contributed by atoms with Crippen molar-refractivity contribution in [3.8, 4) is 0 Å². The quantitative estimate of drug-likeness (QED) is 0.669. The molecule has 0 bridgehead atoms. The van der Waals surface area contributed by atoms with Crippen molar-refractivity contribution in [2.24, 2.45) is 5.73 Å². The van der Waals surface area contributed by atoms with Gasteiger partial charge >= 0.3 is 0 Å². The minimum absolute atomic E-state index is 0.203. The predicted molar refractivity (Wildman–Crippen MR) is 68.4 cm³/mol. The molecule has 0 atom stereocenters. The summed E-state index contributed by atoms with van der Waals surface area (Å²) in [5, 5.41) is 0. The number of hydrogen-bond donors (Lipinski definition) is 1. The van der Waals surface area contributed by atoms with E-state index in [-0.39, 0.29) is 5.91 Å². The van der Waals surface area contributed by atoms with E-state index in [0.717, 1.165) is 32.3 Å². The number of nitrogens with two attached hydrogens (primary N) is 1. The van der Waals surface area contributed by atoms with Crippen molar-refractivity contribution in [1.29, 1.82) is 0 Å². The molecule has 0 heterocycles. The van der Waals surface area contributed by atoms with Crippen LogP contribution in [0.15, 0.2) is 30.3 Å². The van der Waals surface area contributed by atoms with Crippen LogP contribution in [0.4, 0.5) is 0 Å². The van der Waals surface area contributed by atoms with Gasteiger partial charge in [-0.05, 0) is 18.4 Å². The number of benzene rings is 1. The largest absolute Gasteiger partial charge is 0.377 e. The molecule has 0 radical (unpaired) electrons. The smallest absolute Gasteiger partial charge is 0.217 e. The van der Waals surface area contributed by atoms with Crippen molar-refractivity contribution in [2.75, 3.05) is 6.61 Å². The maximum absolute atomic E-state index is 10.5. The number of rotatable bonds is 9. The molecular formula is C14H21NO2. The molecule has 0 aliphatic carbocycles. The number of unbranched alkanes of at least 4 members (excludes halogenated alkanes) is 3. The molecule has 1 rings (SSSR count). The van der Waals surface area contributed by atoms with Crippen LogP contribution in [0, 0.1) is 0 Å². The van der Waals surface area contributed by atoms with E-state index in [0.29, 0.717) is 13.0 Å². The van der Waals surface area contributed by atoms with Crippen molar-refractivity contribution in [3.05, 3.63) is 35.9 Å². The zero-order valence-electron chi connectivity index (χ0n) is 10.2. The molecule has 0 saturated carbocycles. The lowest BCUT2D eigenvalue weighted by atomic mass is 10.1. The highest BCUT2D eigenvalue weighted by molar-refractivity contribution is 5.73. The Balaban J connectivity index is 1.90. The van der Waals surface area contributed by atoms with Crippen LogP contribution < -0.4 is 5.73 Å². The lowest BCUT2D eigenvalue weighted by Gasteiger charge is -2.04. The van der Waals surface area contributed by atoms with Gasteiger partial charge in [0.05, 0.1) is 6.61 Å². The fourth-order valence-corrected chi connectivity index (χ4v) is 1.62. The first-order chi connectivity index (χ1) is 8.29. The van der Waals surface area contributed by atoms with Crippen LogP contribution >= 0.6 is 0 Å². The Bertz CT molecular complexity index is 311. The predicted octanol–water partition coefficient (Wildman–Crippen LogP) is 2.64. The molecule has 0 saturated heterocycles. The monoisotopic (exact) mass is 235 g/mol. The van der Waals surface area contributed by atoms with Crippen LogP contribution in [0.2, 0.25) is 0 Å². The van der Waals surface area contributed by atoms with E-state index in [1.165, 1.54) is 5.56 Å². The third kappa shape index (κ3) is 7.53. The molecule has 0 aliphatic heterocycles. The summed E-state index contributed by atoms with van der Waals surface area (Å²) in [6.45, 7) is 1.47. The van der Waals surface area contributed by atoms with Gasteiger partial charge in [-0.3, -0.25) is 4.79 Å². The van der Waals surface area contributed by atoms with E-state index >= 15 is 0 Å². The van der Waals surface area contributed by atoms with Crippen LogP contribution in [0.5, 0.6) is 0 Å². The summed E-state index contributed by atoms with van der Waals surface area (Å²) < 4.78 is 5.56. The van der Waals surface area contributed by atoms with Gasteiger partial charge in [0, 0.05) is 13.0 Å².